The van der Waals surface area contributed by atoms with Gasteiger partial charge in [0.2, 0.25) is 0 Å². The van der Waals surface area contributed by atoms with Crippen LogP contribution in [0, 0.1) is 5.92 Å². The van der Waals surface area contributed by atoms with E-state index >= 15 is 0 Å². The number of ether oxygens (including phenoxy) is 1. The number of rotatable bonds is 3. The zero-order valence-electron chi connectivity index (χ0n) is 9.94. The van der Waals surface area contributed by atoms with Gasteiger partial charge in [0.15, 0.2) is 0 Å². The zero-order valence-corrected chi connectivity index (χ0v) is 11.5. The molecule has 4 atom stereocenters. The average Bonchev–Trinajstić information content (AvgIpc) is 2.75. The molecule has 2 bridgehead atoms. The Morgan fingerprint density at radius 3 is 2.05 bits per heavy atom. The van der Waals surface area contributed by atoms with E-state index in [1.807, 2.05) is 0 Å². The molecule has 2 fully saturated rings. The molecule has 20 heavy (non-hydrogen) atoms. The molecule has 0 aromatic heterocycles. The lowest BCUT2D eigenvalue weighted by atomic mass is 9.82. The van der Waals surface area contributed by atoms with Gasteiger partial charge in [-0.1, -0.05) is 0 Å². The second-order valence-corrected chi connectivity index (χ2v) is 5.88. The van der Waals surface area contributed by atoms with Crippen LogP contribution in [0.4, 0.5) is 26.3 Å². The van der Waals surface area contributed by atoms with Gasteiger partial charge in [0.05, 0.1) is 17.9 Å². The zero-order chi connectivity index (χ0) is 15.3. The van der Waals surface area contributed by atoms with E-state index in [9.17, 15) is 26.3 Å². The smallest absolute Gasteiger partial charge is 0.371 e. The van der Waals surface area contributed by atoms with Crippen molar-refractivity contribution in [3.63, 3.8) is 0 Å². The van der Waals surface area contributed by atoms with E-state index in [-0.39, 0.29) is 24.2 Å². The number of hydrogen-bond donors (Lipinski definition) is 1. The van der Waals surface area contributed by atoms with Crippen molar-refractivity contribution in [2.45, 2.75) is 41.8 Å². The number of piperidine rings is 1. The fraction of sp³-hybridized carbons (Fsp3) is 1.00. The molecule has 0 spiro atoms. The Labute approximate surface area is 120 Å². The summed E-state index contributed by atoms with van der Waals surface area (Å²) in [5.41, 5.74) is -3.84. The molecule has 2 aliphatic rings. The highest BCUT2D eigenvalue weighted by Crippen LogP contribution is 2.54. The molecular formula is C10H12Cl2F6NO+. The van der Waals surface area contributed by atoms with Gasteiger partial charge in [0.1, 0.15) is 12.1 Å². The van der Waals surface area contributed by atoms with Crippen LogP contribution in [0.1, 0.15) is 6.42 Å². The molecular weight excluding hydrogens is 335 g/mol. The fourth-order valence-electron chi connectivity index (χ4n) is 3.22. The first-order chi connectivity index (χ1) is 9.06. The van der Waals surface area contributed by atoms with Crippen LogP contribution in [0.2, 0.25) is 0 Å². The number of quaternary nitrogens is 1. The van der Waals surface area contributed by atoms with Crippen LogP contribution in [0.3, 0.4) is 0 Å². The van der Waals surface area contributed by atoms with Gasteiger partial charge in [-0.2, -0.15) is 26.3 Å². The molecule has 2 rings (SSSR count). The maximum atomic E-state index is 13.1. The maximum absolute atomic E-state index is 13.1. The van der Waals surface area contributed by atoms with E-state index in [2.05, 4.69) is 0 Å². The van der Waals surface area contributed by atoms with Crippen molar-refractivity contribution in [1.82, 2.24) is 0 Å². The molecule has 0 aromatic carbocycles. The molecule has 4 unspecified atom stereocenters. The van der Waals surface area contributed by atoms with Gasteiger partial charge in [-0.15, -0.1) is 23.2 Å². The third-order valence-corrected chi connectivity index (χ3v) is 4.80. The second-order valence-electron chi connectivity index (χ2n) is 4.99. The first kappa shape index (κ1) is 16.5. The quantitative estimate of drug-likeness (QED) is 0.614. The topological polar surface area (TPSA) is 25.8 Å². The number of hydrogen-bond acceptors (Lipinski definition) is 1. The van der Waals surface area contributed by atoms with Gasteiger partial charge in [-0.25, -0.2) is 0 Å². The largest absolute Gasteiger partial charge is 0.454 e. The van der Waals surface area contributed by atoms with Crippen molar-refractivity contribution in [2.75, 3.05) is 12.5 Å². The highest BCUT2D eigenvalue weighted by atomic mass is 35.5. The van der Waals surface area contributed by atoms with Gasteiger partial charge in [0, 0.05) is 5.88 Å². The Kier molecular flexibility index (Phi) is 4.17. The SMILES string of the molecule is FC(F)(F)C1(C(F)(F)F)[NH2+]C2C(OCCCl)CC1C2Cl. The van der Waals surface area contributed by atoms with Crippen molar-refractivity contribution in [3.05, 3.63) is 0 Å². The van der Waals surface area contributed by atoms with E-state index in [0.717, 1.165) is 0 Å². The Hall–Kier alpha value is 0.0800. The number of alkyl halides is 8. The van der Waals surface area contributed by atoms with Crippen LogP contribution in [0.15, 0.2) is 0 Å². The fourth-order valence-corrected chi connectivity index (χ4v) is 3.85. The summed E-state index contributed by atoms with van der Waals surface area (Å²) in [6.45, 7) is 0.0674. The predicted molar refractivity (Wildman–Crippen MR) is 58.8 cm³/mol. The summed E-state index contributed by atoms with van der Waals surface area (Å²) < 4.78 is 83.5. The van der Waals surface area contributed by atoms with Crippen LogP contribution in [-0.4, -0.2) is 47.9 Å². The lowest BCUT2D eigenvalue weighted by molar-refractivity contribution is -0.800. The van der Waals surface area contributed by atoms with Crippen molar-refractivity contribution in [3.8, 4) is 0 Å². The predicted octanol–water partition coefficient (Wildman–Crippen LogP) is 2.05. The summed E-state index contributed by atoms with van der Waals surface area (Å²) in [5.74, 6) is -1.64. The second kappa shape index (κ2) is 5.07. The van der Waals surface area contributed by atoms with Crippen LogP contribution in [-0.2, 0) is 4.74 Å². The molecule has 0 amide bonds. The van der Waals surface area contributed by atoms with Crippen molar-refractivity contribution in [2.24, 2.45) is 5.92 Å². The van der Waals surface area contributed by atoms with Crippen molar-refractivity contribution < 1.29 is 36.4 Å². The summed E-state index contributed by atoms with van der Waals surface area (Å²) in [5, 5.41) is -0.948. The van der Waals surface area contributed by atoms with Crippen LogP contribution < -0.4 is 5.32 Å². The molecule has 2 nitrogen and oxygen atoms in total. The molecule has 0 radical (unpaired) electrons. The first-order valence-electron chi connectivity index (χ1n) is 5.87. The van der Waals surface area contributed by atoms with Crippen molar-refractivity contribution in [1.29, 1.82) is 0 Å². The average molecular weight is 347 g/mol. The van der Waals surface area contributed by atoms with Gasteiger partial charge in [-0.3, -0.25) is 0 Å². The third-order valence-electron chi connectivity index (χ3n) is 4.06. The number of fused-ring (bicyclic) bond motifs is 2. The summed E-state index contributed by atoms with van der Waals surface area (Å²) >= 11 is 11.2. The van der Waals surface area contributed by atoms with Gasteiger partial charge >= 0.3 is 12.4 Å². The Morgan fingerprint density at radius 1 is 1.15 bits per heavy atom. The maximum Gasteiger partial charge on any atom is 0.454 e. The normalized spacial score (nSPS) is 36.6. The molecule has 1 heterocycles. The van der Waals surface area contributed by atoms with Crippen LogP contribution in [0.5, 0.6) is 0 Å². The van der Waals surface area contributed by atoms with E-state index < -0.39 is 41.3 Å². The molecule has 118 valence electrons. The summed E-state index contributed by atoms with van der Waals surface area (Å²) in [7, 11) is 0. The van der Waals surface area contributed by atoms with Gasteiger partial charge in [0.25, 0.3) is 5.54 Å². The van der Waals surface area contributed by atoms with Crippen LogP contribution >= 0.6 is 23.2 Å². The molecule has 1 saturated heterocycles. The Morgan fingerprint density at radius 2 is 1.70 bits per heavy atom. The number of nitrogens with two attached hydrogens (primary N) is 1. The highest BCUT2D eigenvalue weighted by Gasteiger charge is 2.85. The van der Waals surface area contributed by atoms with E-state index in [4.69, 9.17) is 27.9 Å². The lowest BCUT2D eigenvalue weighted by Gasteiger charge is -2.39. The Balaban J connectivity index is 2.29. The Bertz CT molecular complexity index is 360. The van der Waals surface area contributed by atoms with E-state index in [1.165, 1.54) is 0 Å². The molecule has 1 aliphatic heterocycles. The molecule has 2 N–H and O–H groups in total. The minimum atomic E-state index is -5.42. The van der Waals surface area contributed by atoms with Crippen molar-refractivity contribution >= 4 is 23.2 Å². The molecule has 10 heteroatoms. The minimum Gasteiger partial charge on any atom is -0.371 e. The lowest BCUT2D eigenvalue weighted by Crippen LogP contribution is -3.07. The number of halogens is 8. The molecule has 1 aliphatic carbocycles. The summed E-state index contributed by atoms with van der Waals surface area (Å²) in [6.07, 6.45) is -11.9. The molecule has 0 aromatic rings. The summed E-state index contributed by atoms with van der Waals surface area (Å²) in [6, 6.07) is -1.08. The monoisotopic (exact) mass is 346 g/mol. The van der Waals surface area contributed by atoms with Gasteiger partial charge < -0.3 is 10.1 Å². The van der Waals surface area contributed by atoms with E-state index in [0.29, 0.717) is 0 Å². The highest BCUT2D eigenvalue weighted by molar-refractivity contribution is 6.21. The van der Waals surface area contributed by atoms with E-state index in [1.54, 1.807) is 0 Å². The summed E-state index contributed by atoms with van der Waals surface area (Å²) in [4.78, 5) is 0. The first-order valence-corrected chi connectivity index (χ1v) is 6.84. The third kappa shape index (κ3) is 2.19. The minimum absolute atomic E-state index is 0.0674. The van der Waals surface area contributed by atoms with Crippen LogP contribution in [0.25, 0.3) is 0 Å². The van der Waals surface area contributed by atoms with Gasteiger partial charge in [-0.05, 0) is 6.42 Å². The molecule has 1 saturated carbocycles. The standard InChI is InChI=1S/C10H11Cl2F6NO/c11-1-2-20-5-3-4-6(12)7(5)19-8(4,9(13,14)15)10(16,17)18/h4-7,19H,1-3H2/p+1.